The Labute approximate surface area is 287 Å². The number of anilines is 1. The number of nitrogens with one attached hydrogen (secondary N) is 3. The molecule has 260 valence electrons. The van der Waals surface area contributed by atoms with Gasteiger partial charge in [-0.25, -0.2) is 4.79 Å². The molecule has 1 aliphatic heterocycles. The normalized spacial score (nSPS) is 15.4. The van der Waals surface area contributed by atoms with E-state index >= 15 is 0 Å². The first-order chi connectivity index (χ1) is 23.3. The molecule has 13 heteroatoms. The second-order valence-electron chi connectivity index (χ2n) is 13.1. The minimum Gasteiger partial charge on any atom is -0.490 e. The maximum absolute atomic E-state index is 12.8. The molecule has 4 aromatic rings. The number of amides is 1. The van der Waals surface area contributed by atoms with Crippen molar-refractivity contribution in [3.8, 4) is 16.2 Å². The molecule has 2 aromatic carbocycles. The molecule has 12 nitrogen and oxygen atoms in total. The zero-order valence-corrected chi connectivity index (χ0v) is 28.2. The van der Waals surface area contributed by atoms with Gasteiger partial charge in [0.25, 0.3) is 0 Å². The van der Waals surface area contributed by atoms with Crippen LogP contribution in [0.2, 0.25) is 0 Å². The number of carboxylic acids is 3. The molecule has 49 heavy (non-hydrogen) atoms. The van der Waals surface area contributed by atoms with Gasteiger partial charge in [-0.05, 0) is 62.9 Å². The highest BCUT2D eigenvalue weighted by Gasteiger charge is 2.50. The largest absolute Gasteiger partial charge is 0.490 e. The third-order valence-electron chi connectivity index (χ3n) is 8.96. The summed E-state index contributed by atoms with van der Waals surface area (Å²) in [6.07, 6.45) is 5.12. The molecular formula is C36H41N3O9S. The molecule has 2 aromatic heterocycles. The van der Waals surface area contributed by atoms with Crippen LogP contribution < -0.4 is 15.4 Å². The van der Waals surface area contributed by atoms with Crippen LogP contribution in [-0.2, 0) is 26.2 Å². The van der Waals surface area contributed by atoms with Crippen molar-refractivity contribution in [2.24, 2.45) is 0 Å². The van der Waals surface area contributed by atoms with Crippen LogP contribution in [0.25, 0.3) is 21.3 Å². The first-order valence-electron chi connectivity index (χ1n) is 16.2. The molecule has 7 N–H and O–H groups in total. The van der Waals surface area contributed by atoms with Crippen molar-refractivity contribution in [1.29, 1.82) is 0 Å². The first kappa shape index (κ1) is 35.6. The van der Waals surface area contributed by atoms with E-state index in [9.17, 15) is 29.4 Å². The van der Waals surface area contributed by atoms with Gasteiger partial charge in [0, 0.05) is 45.4 Å². The van der Waals surface area contributed by atoms with Crippen LogP contribution in [-0.4, -0.2) is 74.0 Å². The van der Waals surface area contributed by atoms with Gasteiger partial charge in [-0.2, -0.15) is 0 Å². The van der Waals surface area contributed by atoms with Gasteiger partial charge in [0.05, 0.1) is 23.8 Å². The van der Waals surface area contributed by atoms with E-state index in [2.05, 4.69) is 35.5 Å². The Morgan fingerprint density at radius 2 is 1.69 bits per heavy atom. The van der Waals surface area contributed by atoms with E-state index in [1.54, 1.807) is 6.07 Å². The lowest BCUT2D eigenvalue weighted by Crippen LogP contribution is -2.46. The number of rotatable bonds is 13. The minimum atomic E-state index is -1.08. The molecule has 1 atom stereocenters. The Kier molecular flexibility index (Phi) is 10.8. The number of benzene rings is 2. The number of carbonyl (C=O) groups excluding carboxylic acids is 1. The minimum absolute atomic E-state index is 0.0646. The number of aromatic carboxylic acids is 1. The number of aliphatic hydroxyl groups excluding tert-OH is 1. The number of aromatic amines is 1. The number of hydrogen-bond donors (Lipinski definition) is 7. The van der Waals surface area contributed by atoms with Gasteiger partial charge in [-0.3, -0.25) is 14.4 Å². The van der Waals surface area contributed by atoms with Crippen LogP contribution in [0.1, 0.15) is 73.2 Å². The van der Waals surface area contributed by atoms with Gasteiger partial charge in [0.2, 0.25) is 5.91 Å². The predicted molar refractivity (Wildman–Crippen MR) is 186 cm³/mol. The Bertz CT molecular complexity index is 1840. The summed E-state index contributed by atoms with van der Waals surface area (Å²) in [5.74, 6) is -2.33. The van der Waals surface area contributed by atoms with Crippen LogP contribution in [0, 0.1) is 0 Å². The third kappa shape index (κ3) is 8.12. The third-order valence-corrected chi connectivity index (χ3v) is 10.1. The van der Waals surface area contributed by atoms with Crippen molar-refractivity contribution in [3.63, 3.8) is 0 Å². The van der Waals surface area contributed by atoms with E-state index in [-0.39, 0.29) is 30.9 Å². The molecule has 6 rings (SSSR count). The number of aliphatic carboxylic acids is 2. The molecule has 3 heterocycles. The lowest BCUT2D eigenvalue weighted by atomic mass is 9.79. The van der Waals surface area contributed by atoms with Crippen LogP contribution in [0.3, 0.4) is 0 Å². The number of fused-ring (bicyclic) bond motifs is 3. The fraction of sp³-hybridized carbons (Fsp3) is 0.389. The predicted octanol–water partition coefficient (Wildman–Crippen LogP) is 5.64. The number of ether oxygens (including phenoxy) is 1. The summed E-state index contributed by atoms with van der Waals surface area (Å²) < 4.78 is 6.12. The van der Waals surface area contributed by atoms with Gasteiger partial charge in [-0.1, -0.05) is 37.1 Å². The lowest BCUT2D eigenvalue weighted by molar-refractivity contribution is -0.143. The van der Waals surface area contributed by atoms with Crippen LogP contribution >= 0.6 is 11.3 Å². The summed E-state index contributed by atoms with van der Waals surface area (Å²) in [7, 11) is 0. The molecule has 1 saturated carbocycles. The van der Waals surface area contributed by atoms with E-state index in [0.29, 0.717) is 17.2 Å². The van der Waals surface area contributed by atoms with Crippen molar-refractivity contribution in [2.45, 2.75) is 75.9 Å². The summed E-state index contributed by atoms with van der Waals surface area (Å²) in [6.45, 7) is 4.68. The Balaban J connectivity index is 0.000000523. The average Bonchev–Trinajstić information content (AvgIpc) is 3.86. The SMILES string of the molecule is CC(C)(Cc1c[nH]c2c(-c3ccc(C(=O)O)s3)cccc12)NC[C@H](O)COc1cccc2c1C1(CCCC1)C(=O)N2.O=C(O)CCC(=O)O. The molecule has 0 saturated heterocycles. The quantitative estimate of drug-likeness (QED) is 0.0920. The molecule has 1 spiro atoms. The topological polar surface area (TPSA) is 198 Å². The number of aliphatic hydroxyl groups is 1. The van der Waals surface area contributed by atoms with Gasteiger partial charge >= 0.3 is 17.9 Å². The summed E-state index contributed by atoms with van der Waals surface area (Å²) >= 11 is 1.27. The van der Waals surface area contributed by atoms with Gasteiger partial charge < -0.3 is 40.8 Å². The number of aromatic nitrogens is 1. The molecule has 1 amide bonds. The fourth-order valence-electron chi connectivity index (χ4n) is 6.61. The molecule has 0 unspecified atom stereocenters. The summed E-state index contributed by atoms with van der Waals surface area (Å²) in [5, 5.41) is 43.6. The van der Waals surface area contributed by atoms with E-state index in [4.69, 9.17) is 14.9 Å². The lowest BCUT2D eigenvalue weighted by Gasteiger charge is -2.28. The van der Waals surface area contributed by atoms with Crippen molar-refractivity contribution in [1.82, 2.24) is 10.3 Å². The van der Waals surface area contributed by atoms with Crippen molar-refractivity contribution < 1.29 is 44.3 Å². The number of β-amino-alcohol motifs (C(OH)–C–C–N with tert-alkyl or cyclic N) is 1. The van der Waals surface area contributed by atoms with E-state index < -0.39 is 29.4 Å². The molecular weight excluding hydrogens is 650 g/mol. The molecule has 0 radical (unpaired) electrons. The zero-order valence-electron chi connectivity index (χ0n) is 27.4. The standard InChI is InChI=1S/C32H35N3O5S.C4H6O4/c1-31(2,15-19-16-33-28-21(19)7-5-8-22(28)25-11-12-26(41-25)29(37)38)34-17-20(36)18-40-24-10-6-9-23-27(24)32(30(39)35-23)13-3-4-14-32;5-3(6)1-2-4(7)8/h5-12,16,20,33-34,36H,3-4,13-15,17-18H2,1-2H3,(H,35,39)(H,37,38);1-2H2,(H,5,6)(H,7,8)/t20-;/m0./s1. The Hall–Kier alpha value is -4.72. The Morgan fingerprint density at radius 3 is 2.35 bits per heavy atom. The van der Waals surface area contributed by atoms with Crippen LogP contribution in [0.5, 0.6) is 5.75 Å². The molecule has 0 bridgehead atoms. The second-order valence-corrected chi connectivity index (χ2v) is 14.2. The highest BCUT2D eigenvalue weighted by atomic mass is 32.1. The van der Waals surface area contributed by atoms with Crippen molar-refractivity contribution in [2.75, 3.05) is 18.5 Å². The van der Waals surface area contributed by atoms with Crippen LogP contribution in [0.15, 0.2) is 54.7 Å². The van der Waals surface area contributed by atoms with Gasteiger partial charge in [0.1, 0.15) is 23.3 Å². The molecule has 1 aliphatic carbocycles. The number of carbonyl (C=O) groups is 4. The summed E-state index contributed by atoms with van der Waals surface area (Å²) in [6, 6.07) is 15.3. The molecule has 1 fully saturated rings. The number of hydrogen-bond acceptors (Lipinski definition) is 8. The average molecular weight is 692 g/mol. The Morgan fingerprint density at radius 1 is 1.00 bits per heavy atom. The van der Waals surface area contributed by atoms with Crippen LogP contribution in [0.4, 0.5) is 5.69 Å². The fourth-order valence-corrected chi connectivity index (χ4v) is 7.49. The number of thiophene rings is 1. The number of H-pyrrole nitrogens is 1. The monoisotopic (exact) mass is 691 g/mol. The van der Waals surface area contributed by atoms with E-state index in [1.807, 2.05) is 42.6 Å². The number of para-hydroxylation sites is 1. The van der Waals surface area contributed by atoms with Gasteiger partial charge in [-0.15, -0.1) is 11.3 Å². The highest BCUT2D eigenvalue weighted by molar-refractivity contribution is 7.17. The number of carboxylic acid groups (broad SMARTS) is 3. The summed E-state index contributed by atoms with van der Waals surface area (Å²) in [5.41, 5.74) is 4.05. The first-order valence-corrected chi connectivity index (χ1v) is 17.0. The van der Waals surface area contributed by atoms with Gasteiger partial charge in [0.15, 0.2) is 0 Å². The molecule has 2 aliphatic rings. The maximum Gasteiger partial charge on any atom is 0.345 e. The second kappa shape index (κ2) is 14.8. The van der Waals surface area contributed by atoms with Crippen molar-refractivity contribution in [3.05, 3.63) is 70.7 Å². The van der Waals surface area contributed by atoms with Crippen molar-refractivity contribution >= 4 is 51.7 Å². The highest BCUT2D eigenvalue weighted by Crippen LogP contribution is 2.52. The van der Waals surface area contributed by atoms with E-state index in [0.717, 1.165) is 70.3 Å². The smallest absolute Gasteiger partial charge is 0.345 e. The summed E-state index contributed by atoms with van der Waals surface area (Å²) in [4.78, 5) is 48.1. The maximum atomic E-state index is 12.8. The zero-order chi connectivity index (χ0) is 35.3. The van der Waals surface area contributed by atoms with E-state index in [1.165, 1.54) is 11.3 Å².